The molecular formula is C22H19NO5. The van der Waals surface area contributed by atoms with Crippen LogP contribution in [0, 0.1) is 0 Å². The molecule has 2 N–H and O–H groups in total. The molecule has 0 aliphatic heterocycles. The molecule has 3 aromatic carbocycles. The lowest BCUT2D eigenvalue weighted by molar-refractivity contribution is -0.119. The highest BCUT2D eigenvalue weighted by molar-refractivity contribution is 5.95. The van der Waals surface area contributed by atoms with E-state index in [1.54, 1.807) is 36.4 Å². The van der Waals surface area contributed by atoms with E-state index >= 15 is 0 Å². The minimum absolute atomic E-state index is 0.0961. The van der Waals surface area contributed by atoms with E-state index in [4.69, 9.17) is 9.47 Å². The molecule has 0 radical (unpaired) electrons. The van der Waals surface area contributed by atoms with E-state index in [1.807, 2.05) is 30.3 Å². The standard InChI is InChI=1S/C22H19NO5/c24-19-11-9-18(10-12-19)23-21(25)15-28-22(26)17-7-4-8-20(13-17)27-14-16-5-2-1-3-6-16/h1-13,24H,14-15H2,(H,23,25). The van der Waals surface area contributed by atoms with Gasteiger partial charge >= 0.3 is 5.97 Å². The lowest BCUT2D eigenvalue weighted by atomic mass is 10.2. The predicted molar refractivity (Wildman–Crippen MR) is 104 cm³/mol. The third-order valence-corrected chi connectivity index (χ3v) is 3.80. The molecule has 0 bridgehead atoms. The second-order valence-electron chi connectivity index (χ2n) is 5.97. The van der Waals surface area contributed by atoms with Crippen LogP contribution in [0.5, 0.6) is 11.5 Å². The van der Waals surface area contributed by atoms with E-state index in [0.29, 0.717) is 23.6 Å². The zero-order chi connectivity index (χ0) is 19.8. The van der Waals surface area contributed by atoms with Crippen LogP contribution in [0.15, 0.2) is 78.9 Å². The summed E-state index contributed by atoms with van der Waals surface area (Å²) in [7, 11) is 0. The number of phenols is 1. The van der Waals surface area contributed by atoms with Gasteiger partial charge in [-0.2, -0.15) is 0 Å². The number of benzene rings is 3. The summed E-state index contributed by atoms with van der Waals surface area (Å²) in [4.78, 5) is 24.1. The molecule has 0 unspecified atom stereocenters. The summed E-state index contributed by atoms with van der Waals surface area (Å²) in [5.41, 5.74) is 1.81. The summed E-state index contributed by atoms with van der Waals surface area (Å²) < 4.78 is 10.7. The monoisotopic (exact) mass is 377 g/mol. The van der Waals surface area contributed by atoms with E-state index in [-0.39, 0.29) is 5.75 Å². The molecule has 3 aromatic rings. The van der Waals surface area contributed by atoms with Crippen molar-refractivity contribution in [1.82, 2.24) is 0 Å². The third kappa shape index (κ3) is 5.60. The normalized spacial score (nSPS) is 10.1. The largest absolute Gasteiger partial charge is 0.508 e. The molecule has 0 heterocycles. The van der Waals surface area contributed by atoms with E-state index in [0.717, 1.165) is 5.56 Å². The second kappa shape index (κ2) is 9.23. The number of hydrogen-bond acceptors (Lipinski definition) is 5. The zero-order valence-corrected chi connectivity index (χ0v) is 15.0. The minimum Gasteiger partial charge on any atom is -0.508 e. The topological polar surface area (TPSA) is 84.9 Å². The molecule has 0 saturated carbocycles. The van der Waals surface area contributed by atoms with Crippen LogP contribution in [0.3, 0.4) is 0 Å². The van der Waals surface area contributed by atoms with Gasteiger partial charge in [0.15, 0.2) is 6.61 Å². The molecule has 0 atom stereocenters. The van der Waals surface area contributed by atoms with E-state index in [1.165, 1.54) is 12.1 Å². The van der Waals surface area contributed by atoms with Crippen molar-refractivity contribution in [3.63, 3.8) is 0 Å². The highest BCUT2D eigenvalue weighted by Gasteiger charge is 2.11. The summed E-state index contributed by atoms with van der Waals surface area (Å²) in [6.45, 7) is -0.0385. The molecule has 142 valence electrons. The van der Waals surface area contributed by atoms with Crippen LogP contribution in [-0.2, 0) is 16.1 Å². The third-order valence-electron chi connectivity index (χ3n) is 3.80. The molecule has 0 aliphatic rings. The van der Waals surface area contributed by atoms with Gasteiger partial charge < -0.3 is 19.9 Å². The summed E-state index contributed by atoms with van der Waals surface area (Å²) in [6.07, 6.45) is 0. The molecule has 0 aromatic heterocycles. The first-order chi connectivity index (χ1) is 13.6. The molecule has 0 aliphatic carbocycles. The first-order valence-electron chi connectivity index (χ1n) is 8.63. The van der Waals surface area contributed by atoms with Crippen LogP contribution in [-0.4, -0.2) is 23.6 Å². The van der Waals surface area contributed by atoms with Gasteiger partial charge in [0.25, 0.3) is 5.91 Å². The van der Waals surface area contributed by atoms with E-state index < -0.39 is 18.5 Å². The maximum Gasteiger partial charge on any atom is 0.338 e. The quantitative estimate of drug-likeness (QED) is 0.484. The second-order valence-corrected chi connectivity index (χ2v) is 5.97. The molecule has 0 fully saturated rings. The Bertz CT molecular complexity index is 939. The van der Waals surface area contributed by atoms with Gasteiger partial charge in [0.1, 0.15) is 18.1 Å². The first-order valence-corrected chi connectivity index (χ1v) is 8.63. The number of carbonyl (C=O) groups is 2. The van der Waals surface area contributed by atoms with E-state index in [9.17, 15) is 14.7 Å². The lowest BCUT2D eigenvalue weighted by Gasteiger charge is -2.09. The van der Waals surface area contributed by atoms with Crippen molar-refractivity contribution >= 4 is 17.6 Å². The van der Waals surface area contributed by atoms with Gasteiger partial charge in [-0.25, -0.2) is 4.79 Å². The maximum atomic E-state index is 12.2. The molecule has 28 heavy (non-hydrogen) atoms. The predicted octanol–water partition coefficient (Wildman–Crippen LogP) is 3.77. The van der Waals surface area contributed by atoms with E-state index in [2.05, 4.69) is 5.32 Å². The number of hydrogen-bond donors (Lipinski definition) is 2. The average molecular weight is 377 g/mol. The molecule has 0 spiro atoms. The fourth-order valence-corrected chi connectivity index (χ4v) is 2.41. The molecule has 6 heteroatoms. The van der Waals surface area contributed by atoms with Crippen LogP contribution in [0.1, 0.15) is 15.9 Å². The van der Waals surface area contributed by atoms with Crippen molar-refractivity contribution in [2.24, 2.45) is 0 Å². The zero-order valence-electron chi connectivity index (χ0n) is 15.0. The van der Waals surface area contributed by atoms with Crippen LogP contribution in [0.4, 0.5) is 5.69 Å². The van der Waals surface area contributed by atoms with Crippen LogP contribution in [0.2, 0.25) is 0 Å². The Labute approximate surface area is 162 Å². The average Bonchev–Trinajstić information content (AvgIpc) is 2.73. The molecule has 6 nitrogen and oxygen atoms in total. The van der Waals surface area contributed by atoms with Gasteiger partial charge in [0.2, 0.25) is 0 Å². The maximum absolute atomic E-state index is 12.2. The summed E-state index contributed by atoms with van der Waals surface area (Å²) >= 11 is 0. The number of aromatic hydroxyl groups is 1. The van der Waals surface area contributed by atoms with Gasteiger partial charge in [-0.05, 0) is 48.0 Å². The number of nitrogens with one attached hydrogen (secondary N) is 1. The highest BCUT2D eigenvalue weighted by Crippen LogP contribution is 2.16. The Morgan fingerprint density at radius 3 is 2.39 bits per heavy atom. The number of rotatable bonds is 7. The van der Waals surface area contributed by atoms with Crippen LogP contribution in [0.25, 0.3) is 0 Å². The van der Waals surface area contributed by atoms with Crippen molar-refractivity contribution in [3.8, 4) is 11.5 Å². The number of anilines is 1. The number of phenolic OH excluding ortho intramolecular Hbond substituents is 1. The Morgan fingerprint density at radius 1 is 0.893 bits per heavy atom. The van der Waals surface area contributed by atoms with Crippen molar-refractivity contribution in [2.75, 3.05) is 11.9 Å². The Morgan fingerprint density at radius 2 is 1.64 bits per heavy atom. The fraction of sp³-hybridized carbons (Fsp3) is 0.0909. The van der Waals surface area contributed by atoms with Gasteiger partial charge in [-0.15, -0.1) is 0 Å². The van der Waals surface area contributed by atoms with Crippen LogP contribution >= 0.6 is 0 Å². The minimum atomic E-state index is -0.619. The van der Waals surface area contributed by atoms with Crippen LogP contribution < -0.4 is 10.1 Å². The fourth-order valence-electron chi connectivity index (χ4n) is 2.41. The van der Waals surface area contributed by atoms with Crippen molar-refractivity contribution < 1.29 is 24.2 Å². The molecular weight excluding hydrogens is 358 g/mol. The lowest BCUT2D eigenvalue weighted by Crippen LogP contribution is -2.20. The summed E-state index contributed by atoms with van der Waals surface area (Å²) in [5.74, 6) is -0.466. The first kappa shape index (κ1) is 19.0. The molecule has 0 saturated heterocycles. The number of ether oxygens (including phenoxy) is 2. The smallest absolute Gasteiger partial charge is 0.338 e. The Hall–Kier alpha value is -3.80. The number of esters is 1. The van der Waals surface area contributed by atoms with Crippen molar-refractivity contribution in [1.29, 1.82) is 0 Å². The van der Waals surface area contributed by atoms with Crippen molar-refractivity contribution in [3.05, 3.63) is 90.0 Å². The number of carbonyl (C=O) groups excluding carboxylic acids is 2. The van der Waals surface area contributed by atoms with Gasteiger partial charge in [-0.3, -0.25) is 4.79 Å². The summed E-state index contributed by atoms with van der Waals surface area (Å²) in [6, 6.07) is 22.3. The molecule has 3 rings (SSSR count). The highest BCUT2D eigenvalue weighted by atomic mass is 16.5. The summed E-state index contributed by atoms with van der Waals surface area (Å²) in [5, 5.41) is 11.8. The molecule has 1 amide bonds. The Kier molecular flexibility index (Phi) is 6.25. The SMILES string of the molecule is O=C(COC(=O)c1cccc(OCc2ccccc2)c1)Nc1ccc(O)cc1. The van der Waals surface area contributed by atoms with Gasteiger partial charge in [-0.1, -0.05) is 36.4 Å². The van der Waals surface area contributed by atoms with Gasteiger partial charge in [0.05, 0.1) is 5.56 Å². The number of amides is 1. The Balaban J connectivity index is 1.51. The van der Waals surface area contributed by atoms with Crippen molar-refractivity contribution in [2.45, 2.75) is 6.61 Å². The van der Waals surface area contributed by atoms with Gasteiger partial charge in [0, 0.05) is 5.69 Å².